The first kappa shape index (κ1) is 19.8. The monoisotopic (exact) mass is 389 g/mol. The van der Waals surface area contributed by atoms with Gasteiger partial charge in [-0.2, -0.15) is 0 Å². The number of esters is 1. The van der Waals surface area contributed by atoms with Gasteiger partial charge in [0.15, 0.2) is 12.4 Å². The summed E-state index contributed by atoms with van der Waals surface area (Å²) in [7, 11) is 0. The number of nitrogens with one attached hydrogen (secondary N) is 1. The number of rotatable bonds is 7. The number of benzene rings is 3. The van der Waals surface area contributed by atoms with Crippen LogP contribution in [0.2, 0.25) is 0 Å². The van der Waals surface area contributed by atoms with Gasteiger partial charge in [-0.15, -0.1) is 0 Å². The summed E-state index contributed by atoms with van der Waals surface area (Å²) in [5.41, 5.74) is 1.18. The van der Waals surface area contributed by atoms with E-state index in [4.69, 9.17) is 9.47 Å². The normalized spacial score (nSPS) is 10.1. The standard InChI is InChI=1S/C23H19NO5/c1-16(25)24-18-13-11-17(12-14-18)21(26)15-28-23(27)20-9-5-6-10-22(20)29-19-7-3-2-4-8-19/h2-14H,15H2,1H3,(H,24,25). The summed E-state index contributed by atoms with van der Waals surface area (Å²) in [5, 5.41) is 2.62. The largest absolute Gasteiger partial charge is 0.456 e. The highest BCUT2D eigenvalue weighted by Gasteiger charge is 2.16. The number of carbonyl (C=O) groups excluding carboxylic acids is 3. The number of amides is 1. The van der Waals surface area contributed by atoms with Crippen molar-refractivity contribution >= 4 is 23.3 Å². The van der Waals surface area contributed by atoms with Crippen LogP contribution in [0, 0.1) is 0 Å². The van der Waals surface area contributed by atoms with Gasteiger partial charge in [0.05, 0.1) is 0 Å². The third-order valence-corrected chi connectivity index (χ3v) is 3.94. The lowest BCUT2D eigenvalue weighted by Crippen LogP contribution is -2.15. The SMILES string of the molecule is CC(=O)Nc1ccc(C(=O)COC(=O)c2ccccc2Oc2ccccc2)cc1. The van der Waals surface area contributed by atoms with E-state index in [0.717, 1.165) is 0 Å². The second-order valence-corrected chi connectivity index (χ2v) is 6.17. The van der Waals surface area contributed by atoms with Gasteiger partial charge in [-0.1, -0.05) is 30.3 Å². The molecule has 0 bridgehead atoms. The lowest BCUT2D eigenvalue weighted by molar-refractivity contribution is -0.114. The van der Waals surface area contributed by atoms with Gasteiger partial charge in [0.2, 0.25) is 5.91 Å². The maximum atomic E-state index is 12.5. The Hall–Kier alpha value is -3.93. The van der Waals surface area contributed by atoms with Crippen molar-refractivity contribution in [3.8, 4) is 11.5 Å². The number of carbonyl (C=O) groups is 3. The molecule has 0 aliphatic carbocycles. The van der Waals surface area contributed by atoms with Gasteiger partial charge < -0.3 is 14.8 Å². The first-order valence-electron chi connectivity index (χ1n) is 8.93. The highest BCUT2D eigenvalue weighted by Crippen LogP contribution is 2.25. The Morgan fingerprint density at radius 3 is 2.17 bits per heavy atom. The van der Waals surface area contributed by atoms with Crippen LogP contribution in [0.4, 0.5) is 5.69 Å². The summed E-state index contributed by atoms with van der Waals surface area (Å²) in [6.45, 7) is 0.996. The lowest BCUT2D eigenvalue weighted by Gasteiger charge is -2.11. The van der Waals surface area contributed by atoms with Crippen molar-refractivity contribution in [2.24, 2.45) is 0 Å². The fourth-order valence-corrected chi connectivity index (χ4v) is 2.57. The molecule has 6 heteroatoms. The van der Waals surface area contributed by atoms with E-state index < -0.39 is 12.6 Å². The average molecular weight is 389 g/mol. The number of Topliss-reactive ketones (excluding diaryl/α,β-unsaturated/α-hetero) is 1. The van der Waals surface area contributed by atoms with Crippen molar-refractivity contribution in [3.63, 3.8) is 0 Å². The Morgan fingerprint density at radius 2 is 1.48 bits per heavy atom. The molecule has 146 valence electrons. The summed E-state index contributed by atoms with van der Waals surface area (Å²) in [5.74, 6) is -0.276. The summed E-state index contributed by atoms with van der Waals surface area (Å²) in [6.07, 6.45) is 0. The topological polar surface area (TPSA) is 81.7 Å². The maximum absolute atomic E-state index is 12.5. The molecule has 0 radical (unpaired) electrons. The third-order valence-electron chi connectivity index (χ3n) is 3.94. The third kappa shape index (κ3) is 5.52. The van der Waals surface area contributed by atoms with Crippen LogP contribution in [0.15, 0.2) is 78.9 Å². The van der Waals surface area contributed by atoms with E-state index in [9.17, 15) is 14.4 Å². The van der Waals surface area contributed by atoms with E-state index in [-0.39, 0.29) is 17.3 Å². The molecule has 6 nitrogen and oxygen atoms in total. The summed E-state index contributed by atoms with van der Waals surface area (Å²) in [6, 6.07) is 22.1. The van der Waals surface area contributed by atoms with Crippen molar-refractivity contribution in [2.75, 3.05) is 11.9 Å². The van der Waals surface area contributed by atoms with Crippen molar-refractivity contribution in [3.05, 3.63) is 90.0 Å². The van der Waals surface area contributed by atoms with E-state index >= 15 is 0 Å². The van der Waals surface area contributed by atoms with Crippen LogP contribution in [0.3, 0.4) is 0 Å². The first-order valence-corrected chi connectivity index (χ1v) is 8.93. The molecule has 3 rings (SSSR count). The van der Waals surface area contributed by atoms with Crippen LogP contribution in [0.1, 0.15) is 27.6 Å². The quantitative estimate of drug-likeness (QED) is 0.476. The Morgan fingerprint density at radius 1 is 0.828 bits per heavy atom. The molecule has 0 aliphatic rings. The van der Waals surface area contributed by atoms with Crippen molar-refractivity contribution in [2.45, 2.75) is 6.92 Å². The van der Waals surface area contributed by atoms with Crippen LogP contribution in [-0.2, 0) is 9.53 Å². The number of para-hydroxylation sites is 2. The van der Waals surface area contributed by atoms with E-state index in [2.05, 4.69) is 5.32 Å². The zero-order valence-electron chi connectivity index (χ0n) is 15.8. The molecule has 1 N–H and O–H groups in total. The second kappa shape index (κ2) is 9.32. The van der Waals surface area contributed by atoms with Crippen LogP contribution in [0.5, 0.6) is 11.5 Å². The molecule has 29 heavy (non-hydrogen) atoms. The summed E-state index contributed by atoms with van der Waals surface area (Å²) in [4.78, 5) is 35.8. The molecule has 0 aromatic heterocycles. The first-order chi connectivity index (χ1) is 14.0. The minimum Gasteiger partial charge on any atom is -0.456 e. The minimum atomic E-state index is -0.653. The van der Waals surface area contributed by atoms with Crippen molar-refractivity contribution in [1.82, 2.24) is 0 Å². The Balaban J connectivity index is 1.63. The highest BCUT2D eigenvalue weighted by molar-refractivity contribution is 6.00. The second-order valence-electron chi connectivity index (χ2n) is 6.17. The molecular weight excluding hydrogens is 370 g/mol. The van der Waals surface area contributed by atoms with Crippen molar-refractivity contribution in [1.29, 1.82) is 0 Å². The minimum absolute atomic E-state index is 0.200. The molecule has 0 fully saturated rings. The van der Waals surface area contributed by atoms with E-state index in [0.29, 0.717) is 22.7 Å². The summed E-state index contributed by atoms with van der Waals surface area (Å²) >= 11 is 0. The molecule has 0 heterocycles. The predicted octanol–water partition coefficient (Wildman–Crippen LogP) is 4.48. The number of ketones is 1. The number of anilines is 1. The fourth-order valence-electron chi connectivity index (χ4n) is 2.57. The fraction of sp³-hybridized carbons (Fsp3) is 0.0870. The van der Waals surface area contributed by atoms with Gasteiger partial charge in [0, 0.05) is 18.2 Å². The van der Waals surface area contributed by atoms with Crippen LogP contribution < -0.4 is 10.1 Å². The number of ether oxygens (including phenoxy) is 2. The van der Waals surface area contributed by atoms with Gasteiger partial charge in [-0.3, -0.25) is 9.59 Å². The molecule has 0 saturated carbocycles. The summed E-state index contributed by atoms with van der Waals surface area (Å²) < 4.78 is 10.9. The Kier molecular flexibility index (Phi) is 6.37. The molecule has 3 aromatic carbocycles. The van der Waals surface area contributed by atoms with Crippen LogP contribution in [0.25, 0.3) is 0 Å². The van der Waals surface area contributed by atoms with Gasteiger partial charge in [0.25, 0.3) is 0 Å². The zero-order chi connectivity index (χ0) is 20.6. The number of hydrogen-bond donors (Lipinski definition) is 1. The molecule has 0 spiro atoms. The molecule has 0 unspecified atom stereocenters. The Bertz CT molecular complexity index is 1010. The van der Waals surface area contributed by atoms with Crippen molar-refractivity contribution < 1.29 is 23.9 Å². The van der Waals surface area contributed by atoms with Gasteiger partial charge in [-0.25, -0.2) is 4.79 Å². The average Bonchev–Trinajstić information content (AvgIpc) is 2.73. The molecular formula is C23H19NO5. The molecule has 1 amide bonds. The smallest absolute Gasteiger partial charge is 0.342 e. The Labute approximate surface area is 168 Å². The maximum Gasteiger partial charge on any atom is 0.342 e. The van der Waals surface area contributed by atoms with E-state index in [1.54, 1.807) is 60.7 Å². The zero-order valence-corrected chi connectivity index (χ0v) is 15.8. The molecule has 3 aromatic rings. The lowest BCUT2D eigenvalue weighted by atomic mass is 10.1. The van der Waals surface area contributed by atoms with Gasteiger partial charge >= 0.3 is 5.97 Å². The van der Waals surface area contributed by atoms with Gasteiger partial charge in [-0.05, 0) is 48.5 Å². The molecule has 0 aliphatic heterocycles. The van der Waals surface area contributed by atoms with E-state index in [1.807, 2.05) is 18.2 Å². The molecule has 0 saturated heterocycles. The van der Waals surface area contributed by atoms with Crippen LogP contribution >= 0.6 is 0 Å². The number of hydrogen-bond acceptors (Lipinski definition) is 5. The van der Waals surface area contributed by atoms with Gasteiger partial charge in [0.1, 0.15) is 17.1 Å². The predicted molar refractivity (Wildman–Crippen MR) is 108 cm³/mol. The van der Waals surface area contributed by atoms with Crippen LogP contribution in [-0.4, -0.2) is 24.3 Å². The van der Waals surface area contributed by atoms with E-state index in [1.165, 1.54) is 6.92 Å². The highest BCUT2D eigenvalue weighted by atomic mass is 16.5. The molecule has 0 atom stereocenters.